The molecule has 1 unspecified atom stereocenters. The summed E-state index contributed by atoms with van der Waals surface area (Å²) in [7, 11) is 0. The molecule has 1 fully saturated rings. The molecule has 1 heterocycles. The Hall–Kier alpha value is -2.80. The number of β-amino-alcohol motifs (C(OH)–C–C–N with tert-alkyl or cyclic N) is 1. The molecule has 1 atom stereocenters. The molecule has 0 amide bonds. The fourth-order valence-corrected chi connectivity index (χ4v) is 4.98. The van der Waals surface area contributed by atoms with Gasteiger partial charge in [-0.3, -0.25) is 4.90 Å². The molecule has 1 N–H and O–H groups in total. The van der Waals surface area contributed by atoms with Crippen LogP contribution in [0, 0.1) is 25.5 Å². The Morgan fingerprint density at radius 2 is 1.35 bits per heavy atom. The lowest BCUT2D eigenvalue weighted by Crippen LogP contribution is -2.49. The number of aryl methyl sites for hydroxylation is 2. The zero-order valence-electron chi connectivity index (χ0n) is 21.9. The van der Waals surface area contributed by atoms with Gasteiger partial charge in [0.05, 0.1) is 0 Å². The van der Waals surface area contributed by atoms with Gasteiger partial charge in [-0.15, -0.1) is 0 Å². The Balaban J connectivity index is 1.20. The molecule has 4 rings (SSSR count). The van der Waals surface area contributed by atoms with E-state index in [9.17, 15) is 13.9 Å². The Bertz CT molecular complexity index is 1070. The van der Waals surface area contributed by atoms with Gasteiger partial charge in [0.15, 0.2) is 0 Å². The topological polar surface area (TPSA) is 35.9 Å². The van der Waals surface area contributed by atoms with Crippen molar-refractivity contribution in [3.8, 4) is 5.75 Å². The molecule has 198 valence electrons. The number of ether oxygens (including phenoxy) is 1. The molecule has 4 nitrogen and oxygen atoms in total. The SMILES string of the molecule is Cc1ccc(OCC(O)CN2CCN(CCCC(c3ccc(F)cc3)c3ccc(F)cc3)CC2)cc1C. The maximum Gasteiger partial charge on any atom is 0.123 e. The van der Waals surface area contributed by atoms with Crippen molar-refractivity contribution in [2.24, 2.45) is 0 Å². The molecular formula is C31H38F2N2O2. The molecule has 37 heavy (non-hydrogen) atoms. The van der Waals surface area contributed by atoms with Crippen LogP contribution in [0.25, 0.3) is 0 Å². The van der Waals surface area contributed by atoms with E-state index in [0.29, 0.717) is 6.54 Å². The summed E-state index contributed by atoms with van der Waals surface area (Å²) in [4.78, 5) is 4.76. The highest BCUT2D eigenvalue weighted by molar-refractivity contribution is 5.34. The maximum absolute atomic E-state index is 13.5. The number of hydrogen-bond acceptors (Lipinski definition) is 4. The van der Waals surface area contributed by atoms with Crippen molar-refractivity contribution in [2.75, 3.05) is 45.9 Å². The van der Waals surface area contributed by atoms with Gasteiger partial charge in [-0.05, 0) is 91.9 Å². The van der Waals surface area contributed by atoms with Crippen LogP contribution in [0.3, 0.4) is 0 Å². The van der Waals surface area contributed by atoms with E-state index < -0.39 is 6.10 Å². The van der Waals surface area contributed by atoms with Gasteiger partial charge in [-0.25, -0.2) is 8.78 Å². The second-order valence-electron chi connectivity index (χ2n) is 10.2. The van der Waals surface area contributed by atoms with Gasteiger partial charge < -0.3 is 14.7 Å². The lowest BCUT2D eigenvalue weighted by atomic mass is 9.87. The summed E-state index contributed by atoms with van der Waals surface area (Å²) in [5, 5.41) is 10.5. The number of benzene rings is 3. The van der Waals surface area contributed by atoms with E-state index in [2.05, 4.69) is 23.6 Å². The lowest BCUT2D eigenvalue weighted by molar-refractivity contribution is 0.0457. The molecule has 6 heteroatoms. The van der Waals surface area contributed by atoms with Gasteiger partial charge >= 0.3 is 0 Å². The van der Waals surface area contributed by atoms with E-state index >= 15 is 0 Å². The van der Waals surface area contributed by atoms with Gasteiger partial charge in [0.1, 0.15) is 30.1 Å². The Labute approximate surface area is 219 Å². The molecule has 1 aliphatic heterocycles. The number of hydrogen-bond donors (Lipinski definition) is 1. The number of piperazine rings is 1. The number of aliphatic hydroxyl groups is 1. The molecule has 0 bridgehead atoms. The molecule has 0 saturated carbocycles. The van der Waals surface area contributed by atoms with E-state index in [0.717, 1.165) is 62.4 Å². The van der Waals surface area contributed by atoms with Crippen molar-refractivity contribution in [3.63, 3.8) is 0 Å². The average molecular weight is 509 g/mol. The first-order chi connectivity index (χ1) is 17.9. The van der Waals surface area contributed by atoms with E-state index in [-0.39, 0.29) is 24.2 Å². The smallest absolute Gasteiger partial charge is 0.123 e. The summed E-state index contributed by atoms with van der Waals surface area (Å²) >= 11 is 0. The van der Waals surface area contributed by atoms with Crippen molar-refractivity contribution in [3.05, 3.63) is 101 Å². The second kappa shape index (κ2) is 13.1. The predicted octanol–water partition coefficient (Wildman–Crippen LogP) is 5.55. The number of aliphatic hydroxyl groups excluding tert-OH is 1. The summed E-state index contributed by atoms with van der Waals surface area (Å²) < 4.78 is 32.8. The van der Waals surface area contributed by atoms with Gasteiger partial charge in [0.25, 0.3) is 0 Å². The molecule has 1 saturated heterocycles. The Morgan fingerprint density at radius 1 is 0.784 bits per heavy atom. The van der Waals surface area contributed by atoms with E-state index in [1.54, 1.807) is 0 Å². The fourth-order valence-electron chi connectivity index (χ4n) is 4.98. The van der Waals surface area contributed by atoms with Crippen LogP contribution in [0.4, 0.5) is 8.78 Å². The minimum atomic E-state index is -0.527. The van der Waals surface area contributed by atoms with Crippen LogP contribution in [-0.4, -0.2) is 66.9 Å². The summed E-state index contributed by atoms with van der Waals surface area (Å²) in [6.45, 7) is 9.76. The van der Waals surface area contributed by atoms with Crippen molar-refractivity contribution < 1.29 is 18.6 Å². The van der Waals surface area contributed by atoms with Gasteiger partial charge in [-0.2, -0.15) is 0 Å². The quantitative estimate of drug-likeness (QED) is 0.368. The first-order valence-electron chi connectivity index (χ1n) is 13.2. The van der Waals surface area contributed by atoms with Crippen LogP contribution < -0.4 is 4.74 Å². The molecule has 0 aromatic heterocycles. The molecule has 1 aliphatic rings. The van der Waals surface area contributed by atoms with Crippen molar-refractivity contribution in [1.82, 2.24) is 9.80 Å². The highest BCUT2D eigenvalue weighted by atomic mass is 19.1. The Kier molecular flexibility index (Phi) is 9.67. The summed E-state index contributed by atoms with van der Waals surface area (Å²) in [6, 6.07) is 19.3. The largest absolute Gasteiger partial charge is 0.491 e. The van der Waals surface area contributed by atoms with Crippen molar-refractivity contribution >= 4 is 0 Å². The molecule has 0 radical (unpaired) electrons. The maximum atomic E-state index is 13.5. The summed E-state index contributed by atoms with van der Waals surface area (Å²) in [5.41, 5.74) is 4.52. The van der Waals surface area contributed by atoms with Crippen LogP contribution >= 0.6 is 0 Å². The molecule has 3 aromatic rings. The van der Waals surface area contributed by atoms with Crippen LogP contribution in [0.1, 0.15) is 41.0 Å². The first-order valence-corrected chi connectivity index (χ1v) is 13.2. The average Bonchev–Trinajstić information content (AvgIpc) is 2.90. The van der Waals surface area contributed by atoms with Gasteiger partial charge in [0.2, 0.25) is 0 Å². The predicted molar refractivity (Wildman–Crippen MR) is 144 cm³/mol. The van der Waals surface area contributed by atoms with E-state index in [1.165, 1.54) is 35.4 Å². The molecular weight excluding hydrogens is 470 g/mol. The highest BCUT2D eigenvalue weighted by Gasteiger charge is 2.21. The Morgan fingerprint density at radius 3 is 1.92 bits per heavy atom. The lowest BCUT2D eigenvalue weighted by Gasteiger charge is -2.35. The minimum Gasteiger partial charge on any atom is -0.491 e. The third-order valence-corrected chi connectivity index (χ3v) is 7.37. The molecule has 3 aromatic carbocycles. The monoisotopic (exact) mass is 508 g/mol. The van der Waals surface area contributed by atoms with E-state index in [1.807, 2.05) is 42.5 Å². The zero-order valence-corrected chi connectivity index (χ0v) is 21.9. The minimum absolute atomic E-state index is 0.106. The van der Waals surface area contributed by atoms with Crippen LogP contribution in [0.2, 0.25) is 0 Å². The fraction of sp³-hybridized carbons (Fsp3) is 0.419. The standard InChI is InChI=1S/C31H38F2N2O2/c1-23-5-14-30(20-24(23)2)37-22-29(36)21-35-18-16-34(17-19-35)15-3-4-31(25-6-10-27(32)11-7-25)26-8-12-28(33)13-9-26/h5-14,20,29,31,36H,3-4,15-19,21-22H2,1-2H3. The zero-order chi connectivity index (χ0) is 26.2. The highest BCUT2D eigenvalue weighted by Crippen LogP contribution is 2.30. The third-order valence-electron chi connectivity index (χ3n) is 7.37. The second-order valence-corrected chi connectivity index (χ2v) is 10.2. The molecule has 0 spiro atoms. The normalized spacial score (nSPS) is 15.7. The van der Waals surface area contributed by atoms with Crippen molar-refractivity contribution in [1.29, 1.82) is 0 Å². The van der Waals surface area contributed by atoms with Crippen LogP contribution in [0.15, 0.2) is 66.7 Å². The number of halogens is 2. The number of nitrogens with zero attached hydrogens (tertiary/aromatic N) is 2. The van der Waals surface area contributed by atoms with Crippen LogP contribution in [-0.2, 0) is 0 Å². The van der Waals surface area contributed by atoms with Gasteiger partial charge in [0, 0.05) is 38.6 Å². The van der Waals surface area contributed by atoms with Crippen LogP contribution in [0.5, 0.6) is 5.75 Å². The summed E-state index contributed by atoms with van der Waals surface area (Å²) in [6.07, 6.45) is 1.37. The number of rotatable bonds is 11. The van der Waals surface area contributed by atoms with Crippen molar-refractivity contribution in [2.45, 2.75) is 38.7 Å². The summed E-state index contributed by atoms with van der Waals surface area (Å²) in [5.74, 6) is 0.407. The molecule has 0 aliphatic carbocycles. The van der Waals surface area contributed by atoms with Gasteiger partial charge in [-0.1, -0.05) is 30.3 Å². The third kappa shape index (κ3) is 8.09. The first kappa shape index (κ1) is 27.2. The van der Waals surface area contributed by atoms with E-state index in [4.69, 9.17) is 4.74 Å².